The van der Waals surface area contributed by atoms with Crippen molar-refractivity contribution in [1.29, 1.82) is 0 Å². The molecule has 1 unspecified atom stereocenters. The van der Waals surface area contributed by atoms with E-state index in [9.17, 15) is 18.3 Å². The Balaban J connectivity index is 2.90. The van der Waals surface area contributed by atoms with Gasteiger partial charge in [0.25, 0.3) is 0 Å². The molecule has 1 atom stereocenters. The van der Waals surface area contributed by atoms with Gasteiger partial charge in [-0.25, -0.2) is 4.98 Å². The van der Waals surface area contributed by atoms with E-state index in [1.807, 2.05) is 0 Å². The van der Waals surface area contributed by atoms with Crippen LogP contribution in [0.5, 0.6) is 17.2 Å². The number of methoxy groups -OCH3 is 3. The van der Waals surface area contributed by atoms with Gasteiger partial charge in [0.05, 0.1) is 26.4 Å². The van der Waals surface area contributed by atoms with Crippen molar-refractivity contribution in [3.63, 3.8) is 0 Å². The Kier molecular flexibility index (Phi) is 6.81. The Bertz CT molecular complexity index is 907. The van der Waals surface area contributed by atoms with Crippen LogP contribution in [0, 0.1) is 6.92 Å². The number of nitrogens with zero attached hydrogens (tertiary/aromatic N) is 1. The molecule has 0 saturated carbocycles. The van der Waals surface area contributed by atoms with Crippen LogP contribution in [-0.2, 0) is 6.18 Å². The Morgan fingerprint density at radius 1 is 0.964 bits per heavy atom. The van der Waals surface area contributed by atoms with Crippen LogP contribution in [0.3, 0.4) is 0 Å². The van der Waals surface area contributed by atoms with E-state index in [1.54, 1.807) is 6.92 Å². The van der Waals surface area contributed by atoms with Crippen LogP contribution in [0.4, 0.5) is 13.2 Å². The van der Waals surface area contributed by atoms with E-state index in [4.69, 9.17) is 49.0 Å². The zero-order valence-electron chi connectivity index (χ0n) is 15.0. The van der Waals surface area contributed by atoms with E-state index >= 15 is 0 Å². The molecule has 11 heteroatoms. The van der Waals surface area contributed by atoms with Gasteiger partial charge in [0, 0.05) is 11.1 Å². The van der Waals surface area contributed by atoms with E-state index in [1.165, 1.54) is 27.4 Å². The molecule has 5 nitrogen and oxygen atoms in total. The molecule has 0 fully saturated rings. The molecule has 0 bridgehead atoms. The van der Waals surface area contributed by atoms with Crippen molar-refractivity contribution in [2.24, 2.45) is 0 Å². The summed E-state index contributed by atoms with van der Waals surface area (Å²) in [7, 11) is 3.97. The molecular formula is C17H15Cl3F3NO4. The second kappa shape index (κ2) is 8.41. The minimum atomic E-state index is -4.95. The summed E-state index contributed by atoms with van der Waals surface area (Å²) in [6.45, 7) is 1.55. The molecule has 1 N–H and O–H groups in total. The number of benzene rings is 1. The molecule has 28 heavy (non-hydrogen) atoms. The normalized spacial score (nSPS) is 12.7. The van der Waals surface area contributed by atoms with Crippen LogP contribution >= 0.6 is 34.8 Å². The van der Waals surface area contributed by atoms with Crippen molar-refractivity contribution in [1.82, 2.24) is 4.98 Å². The summed E-state index contributed by atoms with van der Waals surface area (Å²) >= 11 is 17.5. The molecule has 1 heterocycles. The van der Waals surface area contributed by atoms with Crippen molar-refractivity contribution in [2.45, 2.75) is 19.2 Å². The van der Waals surface area contributed by atoms with Gasteiger partial charge in [-0.3, -0.25) is 0 Å². The minimum Gasteiger partial charge on any atom is -0.493 e. The van der Waals surface area contributed by atoms with E-state index < -0.39 is 38.7 Å². The summed E-state index contributed by atoms with van der Waals surface area (Å²) in [6, 6.07) is 1.48. The second-order valence-corrected chi connectivity index (χ2v) is 6.67. The summed E-state index contributed by atoms with van der Waals surface area (Å²) in [5.41, 5.74) is -1.80. The summed E-state index contributed by atoms with van der Waals surface area (Å²) in [5.74, 6) is 0.321. The van der Waals surface area contributed by atoms with Crippen molar-refractivity contribution < 1.29 is 32.5 Å². The van der Waals surface area contributed by atoms with E-state index in [-0.39, 0.29) is 22.8 Å². The molecule has 0 radical (unpaired) electrons. The largest absolute Gasteiger partial charge is 0.493 e. The maximum Gasteiger partial charge on any atom is 0.419 e. The summed E-state index contributed by atoms with van der Waals surface area (Å²) < 4.78 is 56.6. The first-order chi connectivity index (χ1) is 13.0. The molecular weight excluding hydrogens is 446 g/mol. The van der Waals surface area contributed by atoms with E-state index in [0.29, 0.717) is 5.56 Å². The number of rotatable bonds is 5. The number of aliphatic hydroxyl groups is 1. The SMILES string of the molecule is COc1cc(C)c(C(O)c2c(Cl)c(Cl)nc(Cl)c2C(F)(F)F)c(OC)c1OC. The van der Waals surface area contributed by atoms with Crippen LogP contribution in [0.2, 0.25) is 15.3 Å². The highest BCUT2D eigenvalue weighted by molar-refractivity contribution is 6.42. The van der Waals surface area contributed by atoms with Gasteiger partial charge < -0.3 is 19.3 Å². The predicted molar refractivity (Wildman–Crippen MR) is 99.2 cm³/mol. The number of pyridine rings is 1. The van der Waals surface area contributed by atoms with Gasteiger partial charge in [-0.05, 0) is 18.6 Å². The lowest BCUT2D eigenvalue weighted by Crippen LogP contribution is -2.17. The lowest BCUT2D eigenvalue weighted by molar-refractivity contribution is -0.139. The molecule has 0 aliphatic rings. The van der Waals surface area contributed by atoms with Crippen LogP contribution in [0.1, 0.15) is 28.4 Å². The average Bonchev–Trinajstić information content (AvgIpc) is 2.61. The number of hydrogen-bond donors (Lipinski definition) is 1. The smallest absolute Gasteiger partial charge is 0.419 e. The van der Waals surface area contributed by atoms with Crippen molar-refractivity contribution in [3.05, 3.63) is 43.6 Å². The lowest BCUT2D eigenvalue weighted by atomic mass is 9.93. The molecule has 154 valence electrons. The number of aryl methyl sites for hydroxylation is 1. The van der Waals surface area contributed by atoms with Gasteiger partial charge in [-0.2, -0.15) is 13.2 Å². The fourth-order valence-corrected chi connectivity index (χ4v) is 3.60. The van der Waals surface area contributed by atoms with Crippen LogP contribution in [-0.4, -0.2) is 31.4 Å². The maximum atomic E-state index is 13.6. The number of aliphatic hydroxyl groups excluding tert-OH is 1. The fraction of sp³-hybridized carbons (Fsp3) is 0.353. The van der Waals surface area contributed by atoms with Gasteiger partial charge in [-0.15, -0.1) is 0 Å². The van der Waals surface area contributed by atoms with Gasteiger partial charge in [0.1, 0.15) is 22.0 Å². The highest BCUT2D eigenvalue weighted by atomic mass is 35.5. The number of alkyl halides is 3. The third-order valence-electron chi connectivity index (χ3n) is 4.00. The Hall–Kier alpha value is -1.61. The number of hydrogen-bond acceptors (Lipinski definition) is 5. The van der Waals surface area contributed by atoms with Crippen LogP contribution in [0.25, 0.3) is 0 Å². The maximum absolute atomic E-state index is 13.6. The molecule has 2 rings (SSSR count). The monoisotopic (exact) mass is 459 g/mol. The molecule has 1 aromatic heterocycles. The molecule has 0 saturated heterocycles. The molecule has 0 spiro atoms. The number of halogens is 6. The summed E-state index contributed by atoms with van der Waals surface area (Å²) in [4.78, 5) is 3.39. The standard InChI is InChI=1S/C17H15Cl3F3NO4/c1-6-5-7(26-2)13(27-3)14(28-4)8(6)12(25)9-10(17(21,22)23)15(19)24-16(20)11(9)18/h5,12,25H,1-4H3. The van der Waals surface area contributed by atoms with Crippen molar-refractivity contribution in [2.75, 3.05) is 21.3 Å². The minimum absolute atomic E-state index is 0.0223. The molecule has 0 amide bonds. The average molecular weight is 461 g/mol. The van der Waals surface area contributed by atoms with Crippen LogP contribution < -0.4 is 14.2 Å². The summed E-state index contributed by atoms with van der Waals surface area (Å²) in [5, 5.41) is 8.94. The van der Waals surface area contributed by atoms with Crippen molar-refractivity contribution in [3.8, 4) is 17.2 Å². The zero-order chi connectivity index (χ0) is 21.4. The second-order valence-electron chi connectivity index (χ2n) is 5.57. The van der Waals surface area contributed by atoms with Gasteiger partial charge in [0.2, 0.25) is 5.75 Å². The summed E-state index contributed by atoms with van der Waals surface area (Å²) in [6.07, 6.45) is -6.86. The van der Waals surface area contributed by atoms with Gasteiger partial charge in [-0.1, -0.05) is 34.8 Å². The zero-order valence-corrected chi connectivity index (χ0v) is 17.3. The Labute approximate surface area is 173 Å². The Morgan fingerprint density at radius 3 is 2.00 bits per heavy atom. The first kappa shape index (κ1) is 22.7. The first-order valence-electron chi connectivity index (χ1n) is 7.58. The van der Waals surface area contributed by atoms with Gasteiger partial charge >= 0.3 is 6.18 Å². The third kappa shape index (κ3) is 3.91. The highest BCUT2D eigenvalue weighted by Gasteiger charge is 2.42. The predicted octanol–water partition coefficient (Wildman–Crippen LogP) is 5.48. The molecule has 0 aliphatic heterocycles. The van der Waals surface area contributed by atoms with E-state index in [2.05, 4.69) is 4.98 Å². The number of aromatic nitrogens is 1. The molecule has 1 aromatic carbocycles. The lowest BCUT2D eigenvalue weighted by Gasteiger charge is -2.25. The Morgan fingerprint density at radius 2 is 1.54 bits per heavy atom. The van der Waals surface area contributed by atoms with E-state index in [0.717, 1.165) is 0 Å². The van der Waals surface area contributed by atoms with Crippen molar-refractivity contribution >= 4 is 34.8 Å². The number of ether oxygens (including phenoxy) is 3. The molecule has 2 aromatic rings. The fourth-order valence-electron chi connectivity index (χ4n) is 2.83. The highest BCUT2D eigenvalue weighted by Crippen LogP contribution is 2.50. The third-order valence-corrected chi connectivity index (χ3v) is 5.02. The van der Waals surface area contributed by atoms with Gasteiger partial charge in [0.15, 0.2) is 11.5 Å². The quantitative estimate of drug-likeness (QED) is 0.599. The first-order valence-corrected chi connectivity index (χ1v) is 8.72. The van der Waals surface area contributed by atoms with Crippen LogP contribution in [0.15, 0.2) is 6.07 Å². The molecule has 0 aliphatic carbocycles. The topological polar surface area (TPSA) is 60.8 Å².